The molecule has 0 aliphatic rings. The third-order valence-corrected chi connectivity index (χ3v) is 4.16. The van der Waals surface area contributed by atoms with E-state index in [-0.39, 0.29) is 5.91 Å². The topological polar surface area (TPSA) is 57.8 Å². The maximum atomic E-state index is 12.5. The SMILES string of the molecule is Cn1ccc2c(C(=O)N[C@@H](C#N)c3ccsc3)cccc21. The van der Waals surface area contributed by atoms with Crippen LogP contribution in [0.25, 0.3) is 10.9 Å². The molecule has 0 radical (unpaired) electrons. The van der Waals surface area contributed by atoms with Gasteiger partial charge in [0.05, 0.1) is 6.07 Å². The first-order valence-electron chi connectivity index (χ1n) is 6.47. The highest BCUT2D eigenvalue weighted by Crippen LogP contribution is 2.21. The van der Waals surface area contributed by atoms with Crippen molar-refractivity contribution in [1.82, 2.24) is 9.88 Å². The third kappa shape index (κ3) is 2.41. The van der Waals surface area contributed by atoms with Crippen LogP contribution in [0.15, 0.2) is 47.3 Å². The molecule has 4 nitrogen and oxygen atoms in total. The van der Waals surface area contributed by atoms with Crippen molar-refractivity contribution < 1.29 is 4.79 Å². The number of fused-ring (bicyclic) bond motifs is 1. The average molecular weight is 295 g/mol. The van der Waals surface area contributed by atoms with Gasteiger partial charge in [0.2, 0.25) is 0 Å². The third-order valence-electron chi connectivity index (χ3n) is 3.45. The predicted octanol–water partition coefficient (Wildman–Crippen LogP) is 3.23. The molecule has 5 heteroatoms. The zero-order valence-electron chi connectivity index (χ0n) is 11.4. The van der Waals surface area contributed by atoms with Crippen LogP contribution >= 0.6 is 11.3 Å². The van der Waals surface area contributed by atoms with Gasteiger partial charge in [-0.15, -0.1) is 0 Å². The number of aryl methyl sites for hydroxylation is 1. The second-order valence-corrected chi connectivity index (χ2v) is 5.54. The molecule has 3 rings (SSSR count). The van der Waals surface area contributed by atoms with E-state index in [1.54, 1.807) is 6.07 Å². The van der Waals surface area contributed by atoms with Crippen molar-refractivity contribution in [3.63, 3.8) is 0 Å². The minimum Gasteiger partial charge on any atom is -0.351 e. The summed E-state index contributed by atoms with van der Waals surface area (Å²) >= 11 is 1.51. The zero-order chi connectivity index (χ0) is 14.8. The summed E-state index contributed by atoms with van der Waals surface area (Å²) in [6, 6.07) is 10.9. The molecule has 21 heavy (non-hydrogen) atoms. The standard InChI is InChI=1S/C16H13N3OS/c1-19-7-5-12-13(3-2-4-15(12)19)16(20)18-14(9-17)11-6-8-21-10-11/h2-8,10,14H,1H3,(H,18,20)/t14-/m0/s1. The number of amides is 1. The average Bonchev–Trinajstić information content (AvgIpc) is 3.15. The Morgan fingerprint density at radius 1 is 1.38 bits per heavy atom. The van der Waals surface area contributed by atoms with E-state index in [9.17, 15) is 10.1 Å². The predicted molar refractivity (Wildman–Crippen MR) is 83.1 cm³/mol. The molecule has 0 saturated carbocycles. The summed E-state index contributed by atoms with van der Waals surface area (Å²) in [6.45, 7) is 0. The summed E-state index contributed by atoms with van der Waals surface area (Å²) < 4.78 is 1.97. The fraction of sp³-hybridized carbons (Fsp3) is 0.125. The van der Waals surface area contributed by atoms with E-state index < -0.39 is 6.04 Å². The Hall–Kier alpha value is -2.58. The molecule has 0 bridgehead atoms. The maximum Gasteiger partial charge on any atom is 0.253 e. The van der Waals surface area contributed by atoms with Crippen LogP contribution in [0.3, 0.4) is 0 Å². The quantitative estimate of drug-likeness (QED) is 0.806. The van der Waals surface area contributed by atoms with Gasteiger partial charge in [-0.05, 0) is 40.6 Å². The first kappa shape index (κ1) is 13.4. The maximum absolute atomic E-state index is 12.5. The first-order chi connectivity index (χ1) is 10.2. The van der Waals surface area contributed by atoms with Gasteiger partial charge in [-0.2, -0.15) is 16.6 Å². The van der Waals surface area contributed by atoms with Gasteiger partial charge >= 0.3 is 0 Å². The molecule has 2 aromatic heterocycles. The lowest BCUT2D eigenvalue weighted by atomic mass is 10.1. The Balaban J connectivity index is 1.93. The molecule has 0 aliphatic heterocycles. The number of hydrogen-bond acceptors (Lipinski definition) is 3. The monoisotopic (exact) mass is 295 g/mol. The summed E-state index contributed by atoms with van der Waals surface area (Å²) in [4.78, 5) is 12.5. The number of rotatable bonds is 3. The van der Waals surface area contributed by atoms with Crippen LogP contribution in [0.4, 0.5) is 0 Å². The van der Waals surface area contributed by atoms with Gasteiger partial charge in [0.15, 0.2) is 0 Å². The highest BCUT2D eigenvalue weighted by Gasteiger charge is 2.17. The number of nitriles is 1. The zero-order valence-corrected chi connectivity index (χ0v) is 12.2. The van der Waals surface area contributed by atoms with Gasteiger partial charge in [0, 0.05) is 29.7 Å². The lowest BCUT2D eigenvalue weighted by molar-refractivity contribution is 0.0947. The van der Waals surface area contributed by atoms with Crippen LogP contribution in [0, 0.1) is 11.3 Å². The van der Waals surface area contributed by atoms with Crippen molar-refractivity contribution in [3.05, 3.63) is 58.4 Å². The van der Waals surface area contributed by atoms with Gasteiger partial charge in [-0.1, -0.05) is 6.07 Å². The highest BCUT2D eigenvalue weighted by molar-refractivity contribution is 7.08. The number of thiophene rings is 1. The molecule has 1 amide bonds. The second-order valence-electron chi connectivity index (χ2n) is 4.76. The van der Waals surface area contributed by atoms with Crippen LogP contribution in [0.5, 0.6) is 0 Å². The Labute approximate surface area is 126 Å². The molecule has 3 aromatic rings. The molecular formula is C16H13N3OS. The fourth-order valence-corrected chi connectivity index (χ4v) is 3.02. The summed E-state index contributed by atoms with van der Waals surface area (Å²) in [6.07, 6.45) is 1.92. The number of nitrogens with one attached hydrogen (secondary N) is 1. The smallest absolute Gasteiger partial charge is 0.253 e. The molecule has 0 unspecified atom stereocenters. The molecule has 1 N–H and O–H groups in total. The van der Waals surface area contributed by atoms with Gasteiger partial charge in [-0.3, -0.25) is 4.79 Å². The van der Waals surface area contributed by atoms with Crippen LogP contribution in [-0.4, -0.2) is 10.5 Å². The van der Waals surface area contributed by atoms with Crippen LogP contribution in [0.1, 0.15) is 22.0 Å². The van der Waals surface area contributed by atoms with Crippen LogP contribution < -0.4 is 5.32 Å². The first-order valence-corrected chi connectivity index (χ1v) is 7.41. The van der Waals surface area contributed by atoms with E-state index in [2.05, 4.69) is 11.4 Å². The molecule has 1 aromatic carbocycles. The van der Waals surface area contributed by atoms with Gasteiger partial charge in [0.25, 0.3) is 5.91 Å². The largest absolute Gasteiger partial charge is 0.351 e. The molecule has 0 saturated heterocycles. The van der Waals surface area contributed by atoms with Gasteiger partial charge in [-0.25, -0.2) is 0 Å². The number of nitrogens with zero attached hydrogens (tertiary/aromatic N) is 2. The van der Waals surface area contributed by atoms with E-state index in [4.69, 9.17) is 0 Å². The summed E-state index contributed by atoms with van der Waals surface area (Å²) in [7, 11) is 1.94. The van der Waals surface area contributed by atoms with Crippen molar-refractivity contribution in [3.8, 4) is 6.07 Å². The van der Waals surface area contributed by atoms with Crippen molar-refractivity contribution >= 4 is 28.1 Å². The molecule has 1 atom stereocenters. The minimum atomic E-state index is -0.622. The Kier molecular flexibility index (Phi) is 3.46. The number of carbonyl (C=O) groups is 1. The van der Waals surface area contributed by atoms with E-state index in [0.717, 1.165) is 16.5 Å². The number of aromatic nitrogens is 1. The summed E-state index contributed by atoms with van der Waals surface area (Å²) in [5.74, 6) is -0.232. The summed E-state index contributed by atoms with van der Waals surface area (Å²) in [5, 5.41) is 16.7. The van der Waals surface area contributed by atoms with E-state index in [1.807, 2.05) is 52.8 Å². The van der Waals surface area contributed by atoms with E-state index >= 15 is 0 Å². The van der Waals surface area contributed by atoms with E-state index in [0.29, 0.717) is 5.56 Å². The van der Waals surface area contributed by atoms with Gasteiger partial charge in [0.1, 0.15) is 6.04 Å². The number of hydrogen-bond donors (Lipinski definition) is 1. The van der Waals surface area contributed by atoms with E-state index in [1.165, 1.54) is 11.3 Å². The Morgan fingerprint density at radius 3 is 2.95 bits per heavy atom. The van der Waals surface area contributed by atoms with Crippen molar-refractivity contribution in [2.75, 3.05) is 0 Å². The normalized spacial score (nSPS) is 12.0. The lowest BCUT2D eigenvalue weighted by Gasteiger charge is -2.11. The summed E-state index contributed by atoms with van der Waals surface area (Å²) in [5.41, 5.74) is 2.39. The van der Waals surface area contributed by atoms with Crippen LogP contribution in [-0.2, 0) is 7.05 Å². The number of carbonyl (C=O) groups excluding carboxylic acids is 1. The number of benzene rings is 1. The fourth-order valence-electron chi connectivity index (χ4n) is 2.34. The van der Waals surface area contributed by atoms with Crippen LogP contribution in [0.2, 0.25) is 0 Å². The molecule has 2 heterocycles. The Morgan fingerprint density at radius 2 is 2.24 bits per heavy atom. The molecule has 0 fully saturated rings. The van der Waals surface area contributed by atoms with Crippen molar-refractivity contribution in [1.29, 1.82) is 5.26 Å². The Bertz CT molecular complexity index is 827. The molecule has 0 aliphatic carbocycles. The molecular weight excluding hydrogens is 282 g/mol. The molecule has 0 spiro atoms. The highest BCUT2D eigenvalue weighted by atomic mass is 32.1. The minimum absolute atomic E-state index is 0.232. The lowest BCUT2D eigenvalue weighted by Crippen LogP contribution is -2.27. The molecule has 104 valence electrons. The van der Waals surface area contributed by atoms with Crippen molar-refractivity contribution in [2.24, 2.45) is 7.05 Å². The van der Waals surface area contributed by atoms with Crippen molar-refractivity contribution in [2.45, 2.75) is 6.04 Å². The van der Waals surface area contributed by atoms with Gasteiger partial charge < -0.3 is 9.88 Å². The second kappa shape index (κ2) is 5.43.